The van der Waals surface area contributed by atoms with Gasteiger partial charge < -0.3 is 14.5 Å². The van der Waals surface area contributed by atoms with Crippen molar-refractivity contribution in [2.45, 2.75) is 26.4 Å². The number of carbonyl (C=O) groups excluding carboxylic acids is 1. The zero-order valence-corrected chi connectivity index (χ0v) is 18.3. The zero-order valence-electron chi connectivity index (χ0n) is 17.5. The lowest BCUT2D eigenvalue weighted by atomic mass is 10.1. The monoisotopic (exact) mass is 453 g/mol. The van der Waals surface area contributed by atoms with Crippen molar-refractivity contribution in [3.05, 3.63) is 75.9 Å². The molecule has 1 amide bonds. The predicted octanol–water partition coefficient (Wildman–Crippen LogP) is 3.97. The minimum atomic E-state index is -1.23. The molecule has 0 bridgehead atoms. The Morgan fingerprint density at radius 3 is 2.62 bits per heavy atom. The fourth-order valence-corrected chi connectivity index (χ4v) is 3.08. The molecule has 164 valence electrons. The molecule has 3 aromatic heterocycles. The van der Waals surface area contributed by atoms with Crippen LogP contribution in [-0.4, -0.2) is 31.3 Å². The Hall–Kier alpha value is -3.85. The Kier molecular flexibility index (Phi) is 5.58. The third kappa shape index (κ3) is 4.57. The van der Waals surface area contributed by atoms with E-state index >= 15 is 0 Å². The van der Waals surface area contributed by atoms with Gasteiger partial charge in [0.05, 0.1) is 6.26 Å². The van der Waals surface area contributed by atoms with Gasteiger partial charge in [0.15, 0.2) is 11.4 Å². The van der Waals surface area contributed by atoms with Crippen LogP contribution in [0.3, 0.4) is 0 Å². The summed E-state index contributed by atoms with van der Waals surface area (Å²) < 4.78 is 12.6. The lowest BCUT2D eigenvalue weighted by Crippen LogP contribution is -2.43. The van der Waals surface area contributed by atoms with Crippen molar-refractivity contribution in [3.8, 4) is 23.2 Å². The number of hydrogen-bond donors (Lipinski definition) is 2. The predicted molar refractivity (Wildman–Crippen MR) is 119 cm³/mol. The Bertz CT molecular complexity index is 1310. The number of carbonyl (C=O) groups is 1. The van der Waals surface area contributed by atoms with Gasteiger partial charge in [-0.25, -0.2) is 4.98 Å². The van der Waals surface area contributed by atoms with E-state index < -0.39 is 11.5 Å². The van der Waals surface area contributed by atoms with Crippen LogP contribution in [0.1, 0.15) is 19.5 Å². The molecule has 0 atom stereocenters. The molecule has 10 heteroatoms. The van der Waals surface area contributed by atoms with E-state index in [4.69, 9.17) is 20.8 Å². The highest BCUT2D eigenvalue weighted by Crippen LogP contribution is 2.26. The largest absolute Gasteiger partial charge is 0.478 e. The molecule has 0 radical (unpaired) electrons. The van der Waals surface area contributed by atoms with Crippen molar-refractivity contribution in [2.24, 2.45) is 0 Å². The number of H-pyrrole nitrogens is 1. The van der Waals surface area contributed by atoms with E-state index in [1.54, 1.807) is 63.2 Å². The molecule has 3 heterocycles. The van der Waals surface area contributed by atoms with Crippen LogP contribution in [0.2, 0.25) is 5.02 Å². The molecular weight excluding hydrogens is 434 g/mol. The first kappa shape index (κ1) is 21.4. The zero-order chi connectivity index (χ0) is 22.9. The van der Waals surface area contributed by atoms with E-state index in [-0.39, 0.29) is 17.3 Å². The number of aromatic amines is 1. The molecular formula is C22H20ClN5O4. The average molecular weight is 454 g/mol. The first-order chi connectivity index (χ1) is 15.2. The van der Waals surface area contributed by atoms with Crippen LogP contribution < -0.4 is 15.6 Å². The number of nitrogens with zero attached hydrogens (tertiary/aromatic N) is 3. The van der Waals surface area contributed by atoms with Gasteiger partial charge in [-0.3, -0.25) is 14.6 Å². The first-order valence-corrected chi connectivity index (χ1v) is 10.1. The maximum atomic E-state index is 13.1. The molecule has 0 fully saturated rings. The molecule has 0 spiro atoms. The highest BCUT2D eigenvalue weighted by atomic mass is 35.5. The lowest BCUT2D eigenvalue weighted by Gasteiger charge is -2.25. The molecule has 4 aromatic rings. The van der Waals surface area contributed by atoms with Crippen molar-refractivity contribution in [1.29, 1.82) is 0 Å². The van der Waals surface area contributed by atoms with E-state index in [1.807, 2.05) is 0 Å². The third-order valence-corrected chi connectivity index (χ3v) is 4.77. The van der Waals surface area contributed by atoms with Crippen LogP contribution in [0.4, 0.5) is 5.82 Å². The Labute approximate surface area is 188 Å². The fourth-order valence-electron chi connectivity index (χ4n) is 2.95. The highest BCUT2D eigenvalue weighted by Gasteiger charge is 2.31. The maximum Gasteiger partial charge on any atom is 0.269 e. The second-order valence-electron chi connectivity index (χ2n) is 7.53. The Balaban J connectivity index is 1.67. The molecule has 4 rings (SSSR count). The molecule has 0 aliphatic carbocycles. The van der Waals surface area contributed by atoms with Gasteiger partial charge in [0.25, 0.3) is 11.5 Å². The summed E-state index contributed by atoms with van der Waals surface area (Å²) in [6, 6.07) is 13.2. The van der Waals surface area contributed by atoms with Gasteiger partial charge in [-0.05, 0) is 57.2 Å². The van der Waals surface area contributed by atoms with Crippen molar-refractivity contribution in [3.63, 3.8) is 0 Å². The molecule has 2 N–H and O–H groups in total. The quantitative estimate of drug-likeness (QED) is 0.456. The molecule has 9 nitrogen and oxygen atoms in total. The summed E-state index contributed by atoms with van der Waals surface area (Å²) in [5.41, 5.74) is -0.624. The van der Waals surface area contributed by atoms with E-state index in [2.05, 4.69) is 20.4 Å². The second-order valence-corrected chi connectivity index (χ2v) is 7.97. The molecule has 0 saturated heterocycles. The summed E-state index contributed by atoms with van der Waals surface area (Å²) in [5.74, 6) is 0.979. The van der Waals surface area contributed by atoms with Crippen LogP contribution in [0.15, 0.2) is 64.0 Å². The molecule has 0 aliphatic heterocycles. The number of halogens is 1. The topological polar surface area (TPSA) is 115 Å². The minimum absolute atomic E-state index is 0.152. The summed E-state index contributed by atoms with van der Waals surface area (Å²) in [6.07, 6.45) is 1.52. The van der Waals surface area contributed by atoms with E-state index in [0.29, 0.717) is 27.9 Å². The van der Waals surface area contributed by atoms with Crippen molar-refractivity contribution in [1.82, 2.24) is 19.7 Å². The molecule has 1 aromatic carbocycles. The van der Waals surface area contributed by atoms with Crippen molar-refractivity contribution < 1.29 is 13.9 Å². The molecule has 0 unspecified atom stereocenters. The maximum absolute atomic E-state index is 13.1. The number of aryl methyl sites for hydroxylation is 1. The number of hydrogen-bond acceptors (Lipinski definition) is 6. The summed E-state index contributed by atoms with van der Waals surface area (Å²) in [4.78, 5) is 32.0. The Morgan fingerprint density at radius 1 is 1.22 bits per heavy atom. The number of nitrogens with one attached hydrogen (secondary N) is 2. The number of ether oxygens (including phenoxy) is 1. The van der Waals surface area contributed by atoms with Crippen molar-refractivity contribution in [2.75, 3.05) is 5.32 Å². The SMILES string of the molecule is Cc1cc(=O)[nH]c(-n2nc(-c3ccco3)cc2NC(=O)C(C)(C)Oc2ccc(Cl)cc2)n1. The number of amides is 1. The Morgan fingerprint density at radius 2 is 1.97 bits per heavy atom. The third-order valence-electron chi connectivity index (χ3n) is 4.52. The number of furan rings is 1. The fraction of sp³-hybridized carbons (Fsp3) is 0.182. The number of benzene rings is 1. The summed E-state index contributed by atoms with van der Waals surface area (Å²) >= 11 is 5.91. The average Bonchev–Trinajstić information content (AvgIpc) is 3.39. The van der Waals surface area contributed by atoms with Gasteiger partial charge in [-0.1, -0.05) is 11.6 Å². The van der Waals surface area contributed by atoms with Crippen molar-refractivity contribution >= 4 is 23.3 Å². The first-order valence-electron chi connectivity index (χ1n) is 9.69. The number of rotatable bonds is 6. The standard InChI is InChI=1S/C22H20ClN5O4/c1-13-11-19(29)26-21(24-13)28-18(12-16(27-28)17-5-4-10-31-17)25-20(30)22(2,3)32-15-8-6-14(23)7-9-15/h4-12H,1-3H3,(H,25,30)(H,24,26,29). The van der Waals surface area contributed by atoms with Gasteiger partial charge in [0.2, 0.25) is 5.95 Å². The molecule has 32 heavy (non-hydrogen) atoms. The number of anilines is 1. The van der Waals surface area contributed by atoms with E-state index in [1.165, 1.54) is 17.0 Å². The summed E-state index contributed by atoms with van der Waals surface area (Å²) in [5, 5.41) is 7.83. The van der Waals surface area contributed by atoms with Gasteiger partial charge in [-0.15, -0.1) is 0 Å². The van der Waals surface area contributed by atoms with Crippen LogP contribution in [-0.2, 0) is 4.79 Å². The summed E-state index contributed by atoms with van der Waals surface area (Å²) in [7, 11) is 0. The van der Waals surface area contributed by atoms with Crippen LogP contribution in [0.5, 0.6) is 5.75 Å². The normalized spacial score (nSPS) is 11.4. The van der Waals surface area contributed by atoms with Crippen LogP contribution in [0.25, 0.3) is 17.4 Å². The van der Waals surface area contributed by atoms with Gasteiger partial charge in [0, 0.05) is 22.8 Å². The van der Waals surface area contributed by atoms with Gasteiger partial charge >= 0.3 is 0 Å². The van der Waals surface area contributed by atoms with Gasteiger partial charge in [-0.2, -0.15) is 9.78 Å². The highest BCUT2D eigenvalue weighted by molar-refractivity contribution is 6.30. The summed E-state index contributed by atoms with van der Waals surface area (Å²) in [6.45, 7) is 4.97. The van der Waals surface area contributed by atoms with E-state index in [0.717, 1.165) is 0 Å². The lowest BCUT2D eigenvalue weighted by molar-refractivity contribution is -0.128. The van der Waals surface area contributed by atoms with Crippen LogP contribution >= 0.6 is 11.6 Å². The smallest absolute Gasteiger partial charge is 0.269 e. The van der Waals surface area contributed by atoms with Crippen LogP contribution in [0, 0.1) is 6.92 Å². The van der Waals surface area contributed by atoms with Gasteiger partial charge in [0.1, 0.15) is 17.3 Å². The minimum Gasteiger partial charge on any atom is -0.478 e. The number of aromatic nitrogens is 4. The van der Waals surface area contributed by atoms with E-state index in [9.17, 15) is 9.59 Å². The molecule has 0 aliphatic rings. The molecule has 0 saturated carbocycles. The second kappa shape index (κ2) is 8.35.